The van der Waals surface area contributed by atoms with Crippen LogP contribution in [0.25, 0.3) is 0 Å². The van der Waals surface area contributed by atoms with Gasteiger partial charge in [-0.15, -0.1) is 0 Å². The third-order valence-electron chi connectivity index (χ3n) is 4.77. The molecule has 1 heterocycles. The number of ether oxygens (including phenoxy) is 1. The van der Waals surface area contributed by atoms with E-state index in [9.17, 15) is 4.79 Å². The second-order valence-corrected chi connectivity index (χ2v) is 6.60. The van der Waals surface area contributed by atoms with Crippen molar-refractivity contribution in [2.24, 2.45) is 0 Å². The van der Waals surface area contributed by atoms with Gasteiger partial charge in [0, 0.05) is 18.3 Å². The van der Waals surface area contributed by atoms with Gasteiger partial charge in [-0.25, -0.2) is 4.79 Å². The summed E-state index contributed by atoms with van der Waals surface area (Å²) in [5.41, 5.74) is 3.41. The van der Waals surface area contributed by atoms with Crippen molar-refractivity contribution in [3.8, 4) is 0 Å². The number of hydrogen-bond acceptors (Lipinski definition) is 3. The molecule has 0 saturated heterocycles. The quantitative estimate of drug-likeness (QED) is 0.493. The van der Waals surface area contributed by atoms with E-state index in [1.165, 1.54) is 24.1 Å². The Morgan fingerprint density at radius 1 is 1.21 bits per heavy atom. The molecule has 132 valence electrons. The molecular formula is C21H31NO2. The normalized spacial score (nSPS) is 18.0. The molecule has 1 aliphatic heterocycles. The summed E-state index contributed by atoms with van der Waals surface area (Å²) in [5.74, 6) is -0.117. The van der Waals surface area contributed by atoms with Crippen LogP contribution in [0, 0.1) is 0 Å². The molecule has 3 heteroatoms. The van der Waals surface area contributed by atoms with Gasteiger partial charge in [0.2, 0.25) is 0 Å². The average Bonchev–Trinajstić information content (AvgIpc) is 2.59. The van der Waals surface area contributed by atoms with E-state index < -0.39 is 0 Å². The first-order valence-corrected chi connectivity index (χ1v) is 9.37. The Morgan fingerprint density at radius 3 is 2.62 bits per heavy atom. The predicted molar refractivity (Wildman–Crippen MR) is 98.5 cm³/mol. The summed E-state index contributed by atoms with van der Waals surface area (Å²) in [5, 5.41) is 0. The lowest BCUT2D eigenvalue weighted by Gasteiger charge is -2.39. The van der Waals surface area contributed by atoms with Crippen LogP contribution >= 0.6 is 0 Å². The Bertz CT molecular complexity index is 550. The van der Waals surface area contributed by atoms with Gasteiger partial charge in [0.1, 0.15) is 0 Å². The van der Waals surface area contributed by atoms with Crippen molar-refractivity contribution in [2.45, 2.75) is 71.9 Å². The van der Waals surface area contributed by atoms with E-state index in [4.69, 9.17) is 4.74 Å². The van der Waals surface area contributed by atoms with Crippen LogP contribution in [0.1, 0.15) is 64.9 Å². The van der Waals surface area contributed by atoms with Crippen LogP contribution in [0.5, 0.6) is 0 Å². The molecule has 0 radical (unpaired) electrons. The van der Waals surface area contributed by atoms with Gasteiger partial charge in [0.05, 0.1) is 12.2 Å². The number of carbonyl (C=O) groups excluding carboxylic acids is 1. The summed E-state index contributed by atoms with van der Waals surface area (Å²) in [6.07, 6.45) is 6.35. The molecule has 0 fully saturated rings. The number of nitrogens with zero attached hydrogens (tertiary/aromatic N) is 1. The molecule has 1 aromatic rings. The molecule has 0 bridgehead atoms. The minimum Gasteiger partial charge on any atom is -0.463 e. The largest absolute Gasteiger partial charge is 0.463 e. The van der Waals surface area contributed by atoms with E-state index in [2.05, 4.69) is 43.0 Å². The Balaban J connectivity index is 2.27. The summed E-state index contributed by atoms with van der Waals surface area (Å²) < 4.78 is 5.33. The number of benzene rings is 1. The summed E-state index contributed by atoms with van der Waals surface area (Å²) in [7, 11) is 0. The van der Waals surface area contributed by atoms with E-state index >= 15 is 0 Å². The van der Waals surface area contributed by atoms with Crippen molar-refractivity contribution in [3.05, 3.63) is 47.2 Å². The molecular weight excluding hydrogens is 298 g/mol. The van der Waals surface area contributed by atoms with Gasteiger partial charge in [-0.3, -0.25) is 0 Å². The van der Waals surface area contributed by atoms with Crippen molar-refractivity contribution in [2.75, 3.05) is 6.61 Å². The van der Waals surface area contributed by atoms with E-state index in [0.717, 1.165) is 37.8 Å². The van der Waals surface area contributed by atoms with Gasteiger partial charge in [0.15, 0.2) is 0 Å². The lowest BCUT2D eigenvalue weighted by atomic mass is 9.93. The number of carbonyl (C=O) groups is 1. The fourth-order valence-electron chi connectivity index (χ4n) is 3.40. The van der Waals surface area contributed by atoms with Crippen LogP contribution < -0.4 is 0 Å². The molecule has 1 atom stereocenters. The average molecular weight is 329 g/mol. The number of rotatable bonds is 8. The summed E-state index contributed by atoms with van der Waals surface area (Å²) in [6, 6.07) is 11.0. The number of hydrogen-bond donors (Lipinski definition) is 0. The maximum atomic E-state index is 12.4. The molecule has 0 saturated carbocycles. The standard InChI is InChI=1S/C21H31NO2/c1-4-6-8-13-20-19(21(23)24-5-2)15-14-17(3)22(20)16-18-11-9-7-10-12-18/h7,9-12,17H,4-6,8,13-16H2,1-3H3/t17-/m1/s1. The first-order chi connectivity index (χ1) is 11.7. The highest BCUT2D eigenvalue weighted by Crippen LogP contribution is 2.32. The van der Waals surface area contributed by atoms with Crippen molar-refractivity contribution in [1.29, 1.82) is 0 Å². The highest BCUT2D eigenvalue weighted by Gasteiger charge is 2.29. The van der Waals surface area contributed by atoms with Crippen LogP contribution in [0.3, 0.4) is 0 Å². The van der Waals surface area contributed by atoms with Crippen LogP contribution in [0.15, 0.2) is 41.6 Å². The minimum atomic E-state index is -0.117. The first kappa shape index (κ1) is 18.6. The molecule has 0 aromatic heterocycles. The summed E-state index contributed by atoms with van der Waals surface area (Å²) in [4.78, 5) is 14.9. The number of allylic oxidation sites excluding steroid dienone is 1. The van der Waals surface area contributed by atoms with E-state index in [-0.39, 0.29) is 5.97 Å². The van der Waals surface area contributed by atoms with Crippen LogP contribution in [-0.2, 0) is 16.1 Å². The maximum absolute atomic E-state index is 12.4. The maximum Gasteiger partial charge on any atom is 0.335 e. The van der Waals surface area contributed by atoms with Gasteiger partial charge in [0.25, 0.3) is 0 Å². The highest BCUT2D eigenvalue weighted by atomic mass is 16.5. The molecule has 3 nitrogen and oxygen atoms in total. The van der Waals surface area contributed by atoms with Crippen molar-refractivity contribution < 1.29 is 9.53 Å². The zero-order valence-electron chi connectivity index (χ0n) is 15.4. The third-order valence-corrected chi connectivity index (χ3v) is 4.77. The van der Waals surface area contributed by atoms with Gasteiger partial charge in [-0.1, -0.05) is 50.1 Å². The molecule has 0 N–H and O–H groups in total. The van der Waals surface area contributed by atoms with Crippen LogP contribution in [0.4, 0.5) is 0 Å². The molecule has 0 unspecified atom stereocenters. The van der Waals surface area contributed by atoms with Crippen molar-refractivity contribution >= 4 is 5.97 Å². The van der Waals surface area contributed by atoms with Gasteiger partial charge >= 0.3 is 5.97 Å². The van der Waals surface area contributed by atoms with Crippen LogP contribution in [0.2, 0.25) is 0 Å². The third kappa shape index (κ3) is 4.86. The highest BCUT2D eigenvalue weighted by molar-refractivity contribution is 5.89. The summed E-state index contributed by atoms with van der Waals surface area (Å²) in [6.45, 7) is 7.67. The Kier molecular flexibility index (Phi) is 7.36. The molecule has 0 spiro atoms. The minimum absolute atomic E-state index is 0.117. The van der Waals surface area contributed by atoms with Gasteiger partial charge in [-0.2, -0.15) is 0 Å². The monoisotopic (exact) mass is 329 g/mol. The fourth-order valence-corrected chi connectivity index (χ4v) is 3.40. The van der Waals surface area contributed by atoms with E-state index in [1.807, 2.05) is 13.0 Å². The Labute approximate surface area is 146 Å². The Hall–Kier alpha value is -1.77. The molecule has 0 amide bonds. The number of unbranched alkanes of at least 4 members (excludes halogenated alkanes) is 2. The second-order valence-electron chi connectivity index (χ2n) is 6.60. The van der Waals surface area contributed by atoms with Crippen molar-refractivity contribution in [3.63, 3.8) is 0 Å². The van der Waals surface area contributed by atoms with Crippen LogP contribution in [-0.4, -0.2) is 23.5 Å². The molecule has 1 aromatic carbocycles. The SMILES string of the molecule is CCCCCC1=C(C(=O)OCC)CC[C@@H](C)N1Cc1ccccc1. The van der Waals surface area contributed by atoms with Gasteiger partial charge < -0.3 is 9.64 Å². The van der Waals surface area contributed by atoms with Gasteiger partial charge in [-0.05, 0) is 45.1 Å². The zero-order chi connectivity index (χ0) is 17.4. The molecule has 1 aliphatic rings. The molecule has 0 aliphatic carbocycles. The van der Waals surface area contributed by atoms with E-state index in [0.29, 0.717) is 12.6 Å². The number of esters is 1. The lowest BCUT2D eigenvalue weighted by molar-refractivity contribution is -0.139. The predicted octanol–water partition coefficient (Wildman–Crippen LogP) is 5.07. The molecule has 2 rings (SSSR count). The Morgan fingerprint density at radius 2 is 1.96 bits per heavy atom. The van der Waals surface area contributed by atoms with E-state index in [1.54, 1.807) is 0 Å². The zero-order valence-corrected chi connectivity index (χ0v) is 15.4. The van der Waals surface area contributed by atoms with Crippen molar-refractivity contribution in [1.82, 2.24) is 4.90 Å². The first-order valence-electron chi connectivity index (χ1n) is 9.37. The fraction of sp³-hybridized carbons (Fsp3) is 0.571. The second kappa shape index (κ2) is 9.51. The lowest BCUT2D eigenvalue weighted by Crippen LogP contribution is -2.37. The summed E-state index contributed by atoms with van der Waals surface area (Å²) >= 11 is 0. The smallest absolute Gasteiger partial charge is 0.335 e. The topological polar surface area (TPSA) is 29.5 Å². The molecule has 24 heavy (non-hydrogen) atoms.